The van der Waals surface area contributed by atoms with Crippen LogP contribution in [0.3, 0.4) is 0 Å². The smallest absolute Gasteiger partial charge is 0.260 e. The SMILES string of the molecule is Cc1ccc2c(/N=C3\N/C(=N\c4c(OCCN5CCCC5)nn5c(C)c(C)ccc45)C(N)=CC3=N)c(OCCN3CCCC3)nn2c1C. The van der Waals surface area contributed by atoms with Gasteiger partial charge in [0.25, 0.3) is 11.8 Å². The Morgan fingerprint density at radius 1 is 0.729 bits per heavy atom. The first-order valence-electron chi connectivity index (χ1n) is 17.0. The van der Waals surface area contributed by atoms with E-state index in [9.17, 15) is 0 Å². The van der Waals surface area contributed by atoms with Crippen molar-refractivity contribution in [3.05, 3.63) is 58.6 Å². The van der Waals surface area contributed by atoms with Gasteiger partial charge in [-0.3, -0.25) is 15.2 Å². The molecule has 4 aromatic heterocycles. The molecule has 0 aliphatic carbocycles. The molecule has 48 heavy (non-hydrogen) atoms. The number of aliphatic imine (C=N–C) groups is 2. The van der Waals surface area contributed by atoms with Gasteiger partial charge in [-0.1, -0.05) is 12.1 Å². The van der Waals surface area contributed by atoms with E-state index in [0.717, 1.165) is 72.8 Å². The first-order valence-corrected chi connectivity index (χ1v) is 17.0. The molecule has 2 fully saturated rings. The normalized spacial score (nSPS) is 19.2. The highest BCUT2D eigenvalue weighted by molar-refractivity contribution is 6.50. The third-order valence-corrected chi connectivity index (χ3v) is 9.69. The molecule has 0 atom stereocenters. The molecule has 3 aliphatic rings. The number of amidine groups is 2. The number of hydrogen-bond donors (Lipinski definition) is 3. The van der Waals surface area contributed by atoms with Crippen LogP contribution >= 0.6 is 0 Å². The molecule has 0 aromatic carbocycles. The molecule has 7 rings (SSSR count). The number of hydrogen-bond acceptors (Lipinski definition) is 10. The van der Waals surface area contributed by atoms with Gasteiger partial charge >= 0.3 is 0 Å². The zero-order valence-electron chi connectivity index (χ0n) is 28.3. The fourth-order valence-electron chi connectivity index (χ4n) is 6.51. The van der Waals surface area contributed by atoms with Crippen LogP contribution < -0.4 is 20.5 Å². The summed E-state index contributed by atoms with van der Waals surface area (Å²) >= 11 is 0. The second kappa shape index (κ2) is 13.4. The molecule has 13 heteroatoms. The molecule has 7 heterocycles. The van der Waals surface area contributed by atoms with Crippen LogP contribution in [0.15, 0.2) is 46.0 Å². The summed E-state index contributed by atoms with van der Waals surface area (Å²) in [6.07, 6.45) is 6.46. The van der Waals surface area contributed by atoms with E-state index in [-0.39, 0.29) is 5.71 Å². The van der Waals surface area contributed by atoms with Crippen molar-refractivity contribution in [3.8, 4) is 11.8 Å². The minimum Gasteiger partial charge on any atom is -0.474 e. The molecule has 3 aliphatic heterocycles. The number of pyridine rings is 2. The molecule has 4 aromatic rings. The summed E-state index contributed by atoms with van der Waals surface area (Å²) in [7, 11) is 0. The Kier molecular flexibility index (Phi) is 8.88. The third kappa shape index (κ3) is 6.27. The van der Waals surface area contributed by atoms with Gasteiger partial charge in [0.1, 0.15) is 13.2 Å². The van der Waals surface area contributed by atoms with Crippen LogP contribution in [0.25, 0.3) is 11.0 Å². The highest BCUT2D eigenvalue weighted by atomic mass is 16.5. The molecule has 0 unspecified atom stereocenters. The van der Waals surface area contributed by atoms with Gasteiger partial charge in [0, 0.05) is 24.5 Å². The molecular weight excluding hydrogens is 606 g/mol. The predicted molar refractivity (Wildman–Crippen MR) is 189 cm³/mol. The van der Waals surface area contributed by atoms with E-state index >= 15 is 0 Å². The van der Waals surface area contributed by atoms with Crippen molar-refractivity contribution in [1.29, 1.82) is 5.41 Å². The lowest BCUT2D eigenvalue weighted by Gasteiger charge is -2.18. The van der Waals surface area contributed by atoms with Crippen LogP contribution in [0.5, 0.6) is 11.8 Å². The van der Waals surface area contributed by atoms with Crippen LogP contribution in [-0.2, 0) is 0 Å². The summed E-state index contributed by atoms with van der Waals surface area (Å²) < 4.78 is 16.3. The molecule has 0 bridgehead atoms. The van der Waals surface area contributed by atoms with Gasteiger partial charge in [-0.25, -0.2) is 19.0 Å². The lowest BCUT2D eigenvalue weighted by molar-refractivity contribution is 0.232. The maximum absolute atomic E-state index is 8.80. The van der Waals surface area contributed by atoms with Crippen LogP contribution in [0.2, 0.25) is 0 Å². The Bertz CT molecular complexity index is 1960. The molecule has 0 spiro atoms. The van der Waals surface area contributed by atoms with E-state index < -0.39 is 0 Å². The number of aryl methyl sites for hydroxylation is 4. The molecule has 0 saturated carbocycles. The molecule has 0 radical (unpaired) electrons. The number of likely N-dealkylation sites (tertiary alicyclic amines) is 2. The van der Waals surface area contributed by atoms with E-state index in [4.69, 9.17) is 40.8 Å². The van der Waals surface area contributed by atoms with Crippen molar-refractivity contribution in [3.63, 3.8) is 0 Å². The second-order valence-corrected chi connectivity index (χ2v) is 13.0. The van der Waals surface area contributed by atoms with E-state index in [1.165, 1.54) is 25.7 Å². The van der Waals surface area contributed by atoms with Crippen molar-refractivity contribution >= 4 is 39.8 Å². The Hall–Kier alpha value is -4.75. The standard InChI is InChI=1S/C35H45N11O2/c1-22-9-11-28-30(34(41-45(28)24(22)3)47-19-17-43-13-5-6-14-43)38-32-26(36)21-27(37)33(40-32)39-31-29-12-10-23(2)25(4)46(29)42-35(31)48-20-18-44-15-7-8-16-44/h9-12,21,36H,5-8,13-20,37H2,1-4H3,(H,38,39,40). The summed E-state index contributed by atoms with van der Waals surface area (Å²) in [6.45, 7) is 15.2. The van der Waals surface area contributed by atoms with Gasteiger partial charge in [0.05, 0.1) is 22.4 Å². The monoisotopic (exact) mass is 651 g/mol. The van der Waals surface area contributed by atoms with Crippen molar-refractivity contribution in [1.82, 2.24) is 34.3 Å². The molecule has 0 amide bonds. The van der Waals surface area contributed by atoms with Crippen molar-refractivity contribution in [2.45, 2.75) is 53.4 Å². The molecule has 2 saturated heterocycles. The molecule has 252 valence electrons. The van der Waals surface area contributed by atoms with Gasteiger partial charge in [0.15, 0.2) is 23.0 Å². The maximum Gasteiger partial charge on any atom is 0.260 e. The quantitative estimate of drug-likeness (QED) is 0.229. The van der Waals surface area contributed by atoms with Crippen LogP contribution in [0.1, 0.15) is 48.2 Å². The predicted octanol–water partition coefficient (Wildman–Crippen LogP) is 4.39. The Labute approximate surface area is 280 Å². The Balaban J connectivity index is 1.23. The maximum atomic E-state index is 8.80. The van der Waals surface area contributed by atoms with Crippen LogP contribution in [0.4, 0.5) is 11.4 Å². The number of rotatable bonds is 10. The number of aromatic nitrogens is 4. The van der Waals surface area contributed by atoms with Gasteiger partial charge in [-0.2, -0.15) is 0 Å². The lowest BCUT2D eigenvalue weighted by atomic mass is 10.2. The second-order valence-electron chi connectivity index (χ2n) is 13.0. The minimum atomic E-state index is 0.131. The average Bonchev–Trinajstić information content (AvgIpc) is 3.89. The molecular formula is C35H45N11O2. The summed E-state index contributed by atoms with van der Waals surface area (Å²) in [5.74, 6) is 1.52. The van der Waals surface area contributed by atoms with Crippen LogP contribution in [0, 0.1) is 33.1 Å². The summed E-state index contributed by atoms with van der Waals surface area (Å²) in [5, 5.41) is 21.7. The van der Waals surface area contributed by atoms with E-state index in [1.807, 2.05) is 35.0 Å². The molecule has 4 N–H and O–H groups in total. The fraction of sp³-hybridized carbons (Fsp3) is 0.457. The van der Waals surface area contributed by atoms with E-state index in [1.54, 1.807) is 6.08 Å². The van der Waals surface area contributed by atoms with E-state index in [2.05, 4.69) is 41.1 Å². The summed E-state index contributed by atoms with van der Waals surface area (Å²) in [5.41, 5.74) is 13.9. The summed E-state index contributed by atoms with van der Waals surface area (Å²) in [4.78, 5) is 14.7. The Morgan fingerprint density at radius 3 is 1.67 bits per heavy atom. The first-order chi connectivity index (χ1) is 23.3. The largest absolute Gasteiger partial charge is 0.474 e. The average molecular weight is 652 g/mol. The van der Waals surface area contributed by atoms with Gasteiger partial charge in [0.2, 0.25) is 0 Å². The number of nitrogens with zero attached hydrogens (tertiary/aromatic N) is 8. The van der Waals surface area contributed by atoms with Gasteiger partial charge in [-0.15, -0.1) is 10.2 Å². The number of ether oxygens (including phenoxy) is 2. The third-order valence-electron chi connectivity index (χ3n) is 9.69. The first kappa shape index (κ1) is 31.8. The number of nitrogens with two attached hydrogens (primary N) is 1. The highest BCUT2D eigenvalue weighted by Gasteiger charge is 2.25. The van der Waals surface area contributed by atoms with Gasteiger partial charge in [-0.05, 0) is 109 Å². The number of nitrogens with one attached hydrogen (secondary N) is 2. The van der Waals surface area contributed by atoms with E-state index in [0.29, 0.717) is 53.7 Å². The summed E-state index contributed by atoms with van der Waals surface area (Å²) in [6, 6.07) is 8.09. The van der Waals surface area contributed by atoms with Crippen molar-refractivity contribution < 1.29 is 9.47 Å². The highest BCUT2D eigenvalue weighted by Crippen LogP contribution is 2.35. The molecule has 13 nitrogen and oxygen atoms in total. The van der Waals surface area contributed by atoms with Crippen molar-refractivity contribution in [2.75, 3.05) is 52.5 Å². The van der Waals surface area contributed by atoms with Gasteiger partial charge < -0.3 is 20.5 Å². The van der Waals surface area contributed by atoms with Crippen molar-refractivity contribution in [2.24, 2.45) is 15.7 Å². The Morgan fingerprint density at radius 2 is 1.19 bits per heavy atom. The van der Waals surface area contributed by atoms with Crippen LogP contribution in [-0.4, -0.2) is 98.9 Å². The number of fused-ring (bicyclic) bond motifs is 2. The fourth-order valence-corrected chi connectivity index (χ4v) is 6.51. The zero-order chi connectivity index (χ0) is 33.4. The zero-order valence-corrected chi connectivity index (χ0v) is 28.3. The lowest BCUT2D eigenvalue weighted by Crippen LogP contribution is -2.42. The minimum absolute atomic E-state index is 0.131. The topological polar surface area (TPSA) is 146 Å².